The molecular weight excluding hydrogens is 278 g/mol. The molecule has 0 atom stereocenters. The van der Waals surface area contributed by atoms with E-state index in [0.717, 1.165) is 0 Å². The fourth-order valence-electron chi connectivity index (χ4n) is 1.73. The van der Waals surface area contributed by atoms with E-state index in [4.69, 9.17) is 5.73 Å². The molecule has 0 aliphatic carbocycles. The van der Waals surface area contributed by atoms with E-state index < -0.39 is 10.0 Å². The molecule has 0 aromatic heterocycles. The minimum Gasteiger partial charge on any atom is -0.399 e. The van der Waals surface area contributed by atoms with Gasteiger partial charge in [0.1, 0.15) is 0 Å². The maximum absolute atomic E-state index is 12.5. The Kier molecular flexibility index (Phi) is 5.52. The molecule has 0 aliphatic rings. The van der Waals surface area contributed by atoms with Crippen molar-refractivity contribution in [3.05, 3.63) is 23.8 Å². The minimum atomic E-state index is -3.69. The summed E-state index contributed by atoms with van der Waals surface area (Å²) in [6, 6.07) is 4.55. The van der Waals surface area contributed by atoms with Crippen LogP contribution in [0, 0.1) is 6.92 Å². The third kappa shape index (κ3) is 3.71. The number of aryl methyl sites for hydroxylation is 1. The van der Waals surface area contributed by atoms with E-state index in [1.54, 1.807) is 13.0 Å². The standard InChI is InChI=1S/C13H21N3O3S/c1-4-7-16(9-13(17)15-3)20(18,19)11-5-6-12(14)10(2)8-11/h5-6,8H,4,7,9,14H2,1-3H3,(H,15,17). The number of carbonyl (C=O) groups excluding carboxylic acids is 1. The second kappa shape index (κ2) is 6.71. The van der Waals surface area contributed by atoms with E-state index >= 15 is 0 Å². The quantitative estimate of drug-likeness (QED) is 0.757. The Morgan fingerprint density at radius 3 is 2.55 bits per heavy atom. The van der Waals surface area contributed by atoms with E-state index in [1.807, 2.05) is 6.92 Å². The number of nitrogens with two attached hydrogens (primary N) is 1. The van der Waals surface area contributed by atoms with E-state index in [2.05, 4.69) is 5.32 Å². The van der Waals surface area contributed by atoms with Crippen molar-refractivity contribution in [2.24, 2.45) is 0 Å². The Labute approximate surface area is 120 Å². The van der Waals surface area contributed by atoms with Gasteiger partial charge in [0.05, 0.1) is 11.4 Å². The van der Waals surface area contributed by atoms with E-state index in [1.165, 1.54) is 23.5 Å². The summed E-state index contributed by atoms with van der Waals surface area (Å²) in [4.78, 5) is 11.6. The van der Waals surface area contributed by atoms with Crippen LogP contribution in [0.1, 0.15) is 18.9 Å². The van der Waals surface area contributed by atoms with Crippen molar-refractivity contribution in [3.8, 4) is 0 Å². The number of likely N-dealkylation sites (N-methyl/N-ethyl adjacent to an activating group) is 1. The molecule has 0 heterocycles. The van der Waals surface area contributed by atoms with Gasteiger partial charge in [-0.3, -0.25) is 4.79 Å². The van der Waals surface area contributed by atoms with Gasteiger partial charge in [0.25, 0.3) is 0 Å². The summed E-state index contributed by atoms with van der Waals surface area (Å²) < 4.78 is 26.3. The zero-order valence-electron chi connectivity index (χ0n) is 12.0. The molecular formula is C13H21N3O3S. The van der Waals surface area contributed by atoms with Crippen LogP contribution in [0.5, 0.6) is 0 Å². The Hall–Kier alpha value is -1.60. The normalized spacial score (nSPS) is 11.6. The predicted molar refractivity (Wildman–Crippen MR) is 78.7 cm³/mol. The van der Waals surface area contributed by atoms with Crippen LogP contribution in [0.15, 0.2) is 23.1 Å². The summed E-state index contributed by atoms with van der Waals surface area (Å²) in [7, 11) is -2.21. The highest BCUT2D eigenvalue weighted by atomic mass is 32.2. The van der Waals surface area contributed by atoms with Crippen molar-refractivity contribution < 1.29 is 13.2 Å². The molecule has 3 N–H and O–H groups in total. The predicted octanol–water partition coefficient (Wildman–Crippen LogP) is 0.724. The smallest absolute Gasteiger partial charge is 0.243 e. The number of sulfonamides is 1. The minimum absolute atomic E-state index is 0.154. The third-order valence-electron chi connectivity index (χ3n) is 2.95. The Balaban J connectivity index is 3.14. The van der Waals surface area contributed by atoms with Gasteiger partial charge in [-0.25, -0.2) is 8.42 Å². The van der Waals surface area contributed by atoms with Crippen LogP contribution in [-0.2, 0) is 14.8 Å². The van der Waals surface area contributed by atoms with Gasteiger partial charge in [0.15, 0.2) is 0 Å². The first-order valence-corrected chi connectivity index (χ1v) is 7.83. The molecule has 0 saturated carbocycles. The highest BCUT2D eigenvalue weighted by Gasteiger charge is 2.25. The summed E-state index contributed by atoms with van der Waals surface area (Å²) in [6.45, 7) is 3.72. The Bertz CT molecular complexity index is 585. The summed E-state index contributed by atoms with van der Waals surface area (Å²) in [5.74, 6) is -0.339. The number of carbonyl (C=O) groups is 1. The molecule has 1 aromatic rings. The number of nitrogens with zero attached hydrogens (tertiary/aromatic N) is 1. The molecule has 0 spiro atoms. The number of hydrogen-bond donors (Lipinski definition) is 2. The zero-order chi connectivity index (χ0) is 15.3. The molecule has 1 rings (SSSR count). The average molecular weight is 299 g/mol. The lowest BCUT2D eigenvalue weighted by Crippen LogP contribution is -2.40. The maximum atomic E-state index is 12.5. The topological polar surface area (TPSA) is 92.5 Å². The number of amides is 1. The largest absolute Gasteiger partial charge is 0.399 e. The van der Waals surface area contributed by atoms with Gasteiger partial charge < -0.3 is 11.1 Å². The lowest BCUT2D eigenvalue weighted by molar-refractivity contribution is -0.120. The zero-order valence-corrected chi connectivity index (χ0v) is 12.8. The Morgan fingerprint density at radius 2 is 2.05 bits per heavy atom. The van der Waals surface area contributed by atoms with Crippen LogP contribution in [0.4, 0.5) is 5.69 Å². The monoisotopic (exact) mass is 299 g/mol. The lowest BCUT2D eigenvalue weighted by Gasteiger charge is -2.21. The highest BCUT2D eigenvalue weighted by Crippen LogP contribution is 2.20. The molecule has 1 aromatic carbocycles. The van der Waals surface area contributed by atoms with Crippen molar-refractivity contribution in [1.82, 2.24) is 9.62 Å². The van der Waals surface area contributed by atoms with Gasteiger partial charge in [0, 0.05) is 19.3 Å². The van der Waals surface area contributed by atoms with Gasteiger partial charge in [-0.05, 0) is 37.1 Å². The van der Waals surface area contributed by atoms with Crippen molar-refractivity contribution in [1.29, 1.82) is 0 Å². The molecule has 6 nitrogen and oxygen atoms in total. The molecule has 1 amide bonds. The van der Waals surface area contributed by atoms with Crippen LogP contribution in [0.25, 0.3) is 0 Å². The van der Waals surface area contributed by atoms with Gasteiger partial charge >= 0.3 is 0 Å². The molecule has 0 fully saturated rings. The number of nitrogen functional groups attached to an aromatic ring is 1. The molecule has 0 unspecified atom stereocenters. The average Bonchev–Trinajstić information content (AvgIpc) is 2.40. The molecule has 0 saturated heterocycles. The second-order valence-corrected chi connectivity index (χ2v) is 6.47. The highest BCUT2D eigenvalue weighted by molar-refractivity contribution is 7.89. The number of hydrogen-bond acceptors (Lipinski definition) is 4. The molecule has 7 heteroatoms. The van der Waals surface area contributed by atoms with Gasteiger partial charge in [-0.15, -0.1) is 0 Å². The number of nitrogens with one attached hydrogen (secondary N) is 1. The molecule has 0 aliphatic heterocycles. The Morgan fingerprint density at radius 1 is 1.40 bits per heavy atom. The van der Waals surface area contributed by atoms with E-state index in [9.17, 15) is 13.2 Å². The van der Waals surface area contributed by atoms with Crippen LogP contribution >= 0.6 is 0 Å². The lowest BCUT2D eigenvalue weighted by atomic mass is 10.2. The summed E-state index contributed by atoms with van der Waals surface area (Å²) in [6.07, 6.45) is 0.629. The third-order valence-corrected chi connectivity index (χ3v) is 4.79. The summed E-state index contributed by atoms with van der Waals surface area (Å²) >= 11 is 0. The van der Waals surface area contributed by atoms with Crippen molar-refractivity contribution in [3.63, 3.8) is 0 Å². The molecule has 112 valence electrons. The SMILES string of the molecule is CCCN(CC(=O)NC)S(=O)(=O)c1ccc(N)c(C)c1. The summed E-state index contributed by atoms with van der Waals surface area (Å²) in [5.41, 5.74) is 6.93. The molecule has 20 heavy (non-hydrogen) atoms. The van der Waals surface area contributed by atoms with Crippen LogP contribution < -0.4 is 11.1 Å². The number of rotatable bonds is 6. The first kappa shape index (κ1) is 16.5. The molecule has 0 bridgehead atoms. The summed E-state index contributed by atoms with van der Waals surface area (Å²) in [5, 5.41) is 2.43. The van der Waals surface area contributed by atoms with Crippen molar-refractivity contribution in [2.45, 2.75) is 25.2 Å². The van der Waals surface area contributed by atoms with Crippen LogP contribution in [0.3, 0.4) is 0 Å². The van der Waals surface area contributed by atoms with Crippen molar-refractivity contribution >= 4 is 21.6 Å². The van der Waals surface area contributed by atoms with Gasteiger partial charge in [-0.2, -0.15) is 4.31 Å². The van der Waals surface area contributed by atoms with Crippen LogP contribution in [0.2, 0.25) is 0 Å². The second-order valence-electron chi connectivity index (χ2n) is 4.53. The van der Waals surface area contributed by atoms with E-state index in [0.29, 0.717) is 24.2 Å². The first-order chi connectivity index (χ1) is 9.32. The van der Waals surface area contributed by atoms with E-state index in [-0.39, 0.29) is 17.3 Å². The van der Waals surface area contributed by atoms with Gasteiger partial charge in [-0.1, -0.05) is 6.92 Å². The fourth-order valence-corrected chi connectivity index (χ4v) is 3.30. The van der Waals surface area contributed by atoms with Crippen LogP contribution in [-0.4, -0.2) is 38.8 Å². The maximum Gasteiger partial charge on any atom is 0.243 e. The number of anilines is 1. The van der Waals surface area contributed by atoms with Crippen molar-refractivity contribution in [2.75, 3.05) is 25.9 Å². The fraction of sp³-hybridized carbons (Fsp3) is 0.462. The van der Waals surface area contributed by atoms with Gasteiger partial charge in [0.2, 0.25) is 15.9 Å². The molecule has 0 radical (unpaired) electrons. The number of benzene rings is 1. The first-order valence-electron chi connectivity index (χ1n) is 6.39.